The number of nitrogens with two attached hydrogens (primary N) is 1. The monoisotopic (exact) mass is 266 g/mol. The highest BCUT2D eigenvalue weighted by Crippen LogP contribution is 2.34. The largest absolute Gasteiger partial charge is 0.395 e. The van der Waals surface area contributed by atoms with Crippen LogP contribution in [0.2, 0.25) is 0 Å². The first-order chi connectivity index (χ1) is 9.15. The summed E-state index contributed by atoms with van der Waals surface area (Å²) in [5.41, 5.74) is 6.73. The topological polar surface area (TPSA) is 49.5 Å². The number of hydrogen-bond donors (Lipinski definition) is 2. The fraction of sp³-hybridized carbons (Fsp3) is 0.600. The molecule has 0 saturated heterocycles. The van der Waals surface area contributed by atoms with Gasteiger partial charge in [-0.05, 0) is 25.8 Å². The second-order valence-corrected chi connectivity index (χ2v) is 5.37. The van der Waals surface area contributed by atoms with Crippen molar-refractivity contribution in [2.75, 3.05) is 13.2 Å². The van der Waals surface area contributed by atoms with Crippen LogP contribution in [0.4, 0.5) is 4.39 Å². The minimum atomic E-state index is -0.216. The van der Waals surface area contributed by atoms with Crippen molar-refractivity contribution in [1.29, 1.82) is 0 Å². The van der Waals surface area contributed by atoms with Crippen LogP contribution < -0.4 is 5.73 Å². The fourth-order valence-corrected chi connectivity index (χ4v) is 2.86. The lowest BCUT2D eigenvalue weighted by atomic mass is 9.87. The molecular formula is C15H23FN2O. The zero-order valence-corrected chi connectivity index (χ0v) is 11.4. The molecule has 19 heavy (non-hydrogen) atoms. The van der Waals surface area contributed by atoms with Crippen molar-refractivity contribution in [1.82, 2.24) is 4.90 Å². The molecule has 0 heterocycles. The Balaban J connectivity index is 2.29. The summed E-state index contributed by atoms with van der Waals surface area (Å²) in [6.45, 7) is 2.53. The number of hydrogen-bond acceptors (Lipinski definition) is 3. The SMILES string of the molecule is CC(N)C(c1ccccc1F)N(CCO)C1CCC1. The Labute approximate surface area is 114 Å². The molecule has 1 aliphatic rings. The molecule has 1 saturated carbocycles. The molecule has 1 aliphatic carbocycles. The van der Waals surface area contributed by atoms with E-state index in [1.165, 1.54) is 12.5 Å². The van der Waals surface area contributed by atoms with Gasteiger partial charge in [-0.2, -0.15) is 0 Å². The van der Waals surface area contributed by atoms with E-state index in [1.807, 2.05) is 13.0 Å². The summed E-state index contributed by atoms with van der Waals surface area (Å²) in [4.78, 5) is 2.17. The van der Waals surface area contributed by atoms with Gasteiger partial charge in [-0.15, -0.1) is 0 Å². The van der Waals surface area contributed by atoms with E-state index in [2.05, 4.69) is 4.90 Å². The van der Waals surface area contributed by atoms with Gasteiger partial charge < -0.3 is 10.8 Å². The molecule has 2 atom stereocenters. The third-order valence-corrected chi connectivity index (χ3v) is 3.98. The summed E-state index contributed by atoms with van der Waals surface area (Å²) in [5, 5.41) is 9.28. The lowest BCUT2D eigenvalue weighted by Gasteiger charge is -2.44. The van der Waals surface area contributed by atoms with Gasteiger partial charge >= 0.3 is 0 Å². The van der Waals surface area contributed by atoms with Crippen LogP contribution >= 0.6 is 0 Å². The lowest BCUT2D eigenvalue weighted by Crippen LogP contribution is -2.49. The molecule has 2 rings (SSSR count). The van der Waals surface area contributed by atoms with Crippen LogP contribution in [0.3, 0.4) is 0 Å². The number of halogens is 1. The van der Waals surface area contributed by atoms with E-state index >= 15 is 0 Å². The summed E-state index contributed by atoms with van der Waals surface area (Å²) < 4.78 is 14.0. The smallest absolute Gasteiger partial charge is 0.128 e. The Morgan fingerprint density at radius 3 is 2.58 bits per heavy atom. The molecule has 3 nitrogen and oxygen atoms in total. The van der Waals surface area contributed by atoms with Gasteiger partial charge in [0.2, 0.25) is 0 Å². The Morgan fingerprint density at radius 2 is 2.11 bits per heavy atom. The van der Waals surface area contributed by atoms with E-state index in [1.54, 1.807) is 12.1 Å². The zero-order chi connectivity index (χ0) is 13.8. The molecular weight excluding hydrogens is 243 g/mol. The van der Waals surface area contributed by atoms with Gasteiger partial charge in [-0.3, -0.25) is 4.90 Å². The molecule has 3 N–H and O–H groups in total. The van der Waals surface area contributed by atoms with Crippen molar-refractivity contribution in [2.45, 2.75) is 44.3 Å². The first-order valence-electron chi connectivity index (χ1n) is 7.01. The van der Waals surface area contributed by atoms with Crippen LogP contribution in [-0.4, -0.2) is 35.2 Å². The Bertz CT molecular complexity index is 407. The fourth-order valence-electron chi connectivity index (χ4n) is 2.86. The number of nitrogens with zero attached hydrogens (tertiary/aromatic N) is 1. The van der Waals surface area contributed by atoms with Gasteiger partial charge in [-0.25, -0.2) is 4.39 Å². The van der Waals surface area contributed by atoms with Gasteiger partial charge in [0, 0.05) is 24.2 Å². The van der Waals surface area contributed by atoms with Crippen molar-refractivity contribution in [3.63, 3.8) is 0 Å². The van der Waals surface area contributed by atoms with Gasteiger partial charge in [0.1, 0.15) is 5.82 Å². The Kier molecular flexibility index (Phi) is 4.91. The van der Waals surface area contributed by atoms with Crippen LogP contribution in [0.5, 0.6) is 0 Å². The Hall–Kier alpha value is -0.970. The van der Waals surface area contributed by atoms with Gasteiger partial charge in [0.15, 0.2) is 0 Å². The molecule has 1 aromatic rings. The first-order valence-corrected chi connectivity index (χ1v) is 7.01. The maximum Gasteiger partial charge on any atom is 0.128 e. The predicted molar refractivity (Wildman–Crippen MR) is 74.2 cm³/mol. The quantitative estimate of drug-likeness (QED) is 0.828. The van der Waals surface area contributed by atoms with Crippen LogP contribution in [0, 0.1) is 5.82 Å². The average molecular weight is 266 g/mol. The predicted octanol–water partition coefficient (Wildman–Crippen LogP) is 2.06. The highest BCUT2D eigenvalue weighted by atomic mass is 19.1. The molecule has 0 bridgehead atoms. The lowest BCUT2D eigenvalue weighted by molar-refractivity contribution is 0.0489. The maximum atomic E-state index is 14.0. The van der Waals surface area contributed by atoms with Crippen molar-refractivity contribution < 1.29 is 9.50 Å². The third-order valence-electron chi connectivity index (χ3n) is 3.98. The van der Waals surface area contributed by atoms with Gasteiger partial charge in [-0.1, -0.05) is 24.6 Å². The van der Waals surface area contributed by atoms with Crippen LogP contribution in [0.25, 0.3) is 0 Å². The normalized spacial score (nSPS) is 19.2. The minimum Gasteiger partial charge on any atom is -0.395 e. The van der Waals surface area contributed by atoms with Crippen LogP contribution in [-0.2, 0) is 0 Å². The summed E-state index contributed by atoms with van der Waals surface area (Å²) in [6, 6.07) is 6.88. The number of rotatable bonds is 6. The van der Waals surface area contributed by atoms with Crippen LogP contribution in [0.1, 0.15) is 37.8 Å². The Morgan fingerprint density at radius 1 is 1.42 bits per heavy atom. The summed E-state index contributed by atoms with van der Waals surface area (Å²) in [5.74, 6) is -0.216. The zero-order valence-electron chi connectivity index (χ0n) is 11.4. The molecule has 0 aromatic heterocycles. The highest BCUT2D eigenvalue weighted by Gasteiger charge is 2.34. The van der Waals surface area contributed by atoms with Crippen LogP contribution in [0.15, 0.2) is 24.3 Å². The number of benzene rings is 1. The molecule has 0 amide bonds. The second-order valence-electron chi connectivity index (χ2n) is 5.37. The molecule has 2 unspecified atom stereocenters. The summed E-state index contributed by atoms with van der Waals surface area (Å²) >= 11 is 0. The van der Waals surface area contributed by atoms with Crippen molar-refractivity contribution in [3.8, 4) is 0 Å². The van der Waals surface area contributed by atoms with Gasteiger partial charge in [0.05, 0.1) is 12.6 Å². The standard InChI is InChI=1S/C15H23FN2O/c1-11(17)15(13-7-2-3-8-14(13)16)18(9-10-19)12-5-4-6-12/h2-3,7-8,11-12,15,19H,4-6,9-10,17H2,1H3. The van der Waals surface area contributed by atoms with E-state index in [-0.39, 0.29) is 24.5 Å². The minimum absolute atomic E-state index is 0.0776. The first kappa shape index (κ1) is 14.4. The molecule has 0 radical (unpaired) electrons. The number of aliphatic hydroxyl groups is 1. The van der Waals surface area contributed by atoms with Crippen molar-refractivity contribution in [3.05, 3.63) is 35.6 Å². The summed E-state index contributed by atoms with van der Waals surface area (Å²) in [7, 11) is 0. The van der Waals surface area contributed by atoms with Gasteiger partial charge in [0.25, 0.3) is 0 Å². The van der Waals surface area contributed by atoms with E-state index in [0.717, 1.165) is 12.8 Å². The molecule has 1 fully saturated rings. The highest BCUT2D eigenvalue weighted by molar-refractivity contribution is 5.23. The average Bonchev–Trinajstić information content (AvgIpc) is 2.29. The molecule has 0 spiro atoms. The molecule has 0 aliphatic heterocycles. The third kappa shape index (κ3) is 3.14. The van der Waals surface area contributed by atoms with Crippen molar-refractivity contribution in [2.24, 2.45) is 5.73 Å². The van der Waals surface area contributed by atoms with E-state index in [0.29, 0.717) is 18.2 Å². The summed E-state index contributed by atoms with van der Waals surface area (Å²) in [6.07, 6.45) is 3.42. The van der Waals surface area contributed by atoms with E-state index in [4.69, 9.17) is 5.73 Å². The molecule has 4 heteroatoms. The molecule has 106 valence electrons. The number of aliphatic hydroxyl groups excluding tert-OH is 1. The van der Waals surface area contributed by atoms with E-state index in [9.17, 15) is 9.50 Å². The van der Waals surface area contributed by atoms with Crippen molar-refractivity contribution >= 4 is 0 Å². The van der Waals surface area contributed by atoms with E-state index < -0.39 is 0 Å². The molecule has 1 aromatic carbocycles. The maximum absolute atomic E-state index is 14.0. The second kappa shape index (κ2) is 6.46.